The molecule has 8 nitrogen and oxygen atoms in total. The van der Waals surface area contributed by atoms with Crippen LogP contribution in [0.3, 0.4) is 0 Å². The predicted molar refractivity (Wildman–Crippen MR) is 81.3 cm³/mol. The number of ether oxygens (including phenoxy) is 3. The Morgan fingerprint density at radius 2 is 2.08 bits per heavy atom. The van der Waals surface area contributed by atoms with E-state index in [0.29, 0.717) is 5.57 Å². The van der Waals surface area contributed by atoms with E-state index < -0.39 is 65.3 Å². The van der Waals surface area contributed by atoms with Crippen LogP contribution in [0, 0.1) is 10.8 Å². The highest BCUT2D eigenvalue weighted by Crippen LogP contribution is 2.71. The van der Waals surface area contributed by atoms with Gasteiger partial charge in [0, 0.05) is 6.92 Å². The van der Waals surface area contributed by atoms with Crippen molar-refractivity contribution in [1.29, 1.82) is 0 Å². The molecule has 2 aliphatic heterocycles. The molecule has 1 saturated carbocycles. The summed E-state index contributed by atoms with van der Waals surface area (Å²) in [5, 5.41) is 32.0. The van der Waals surface area contributed by atoms with Crippen LogP contribution in [-0.2, 0) is 23.8 Å². The van der Waals surface area contributed by atoms with Crippen LogP contribution in [0.4, 0.5) is 0 Å². The van der Waals surface area contributed by atoms with E-state index in [4.69, 9.17) is 14.2 Å². The summed E-state index contributed by atoms with van der Waals surface area (Å²) < 4.78 is 17.1. The van der Waals surface area contributed by atoms with Gasteiger partial charge in [0.05, 0.1) is 30.1 Å². The van der Waals surface area contributed by atoms with Crippen molar-refractivity contribution in [3.05, 3.63) is 11.6 Å². The van der Waals surface area contributed by atoms with Gasteiger partial charge in [-0.25, -0.2) is 0 Å². The number of hydrogen-bond acceptors (Lipinski definition) is 8. The lowest BCUT2D eigenvalue weighted by atomic mass is 9.50. The van der Waals surface area contributed by atoms with E-state index in [1.165, 1.54) is 6.92 Å². The number of fused-ring (bicyclic) bond motifs is 2. The number of carbonyl (C=O) groups is 2. The normalized spacial score (nSPS) is 53.4. The van der Waals surface area contributed by atoms with Crippen molar-refractivity contribution in [1.82, 2.24) is 0 Å². The number of carbonyl (C=O) groups excluding carboxylic acids is 2. The highest BCUT2D eigenvalue weighted by Gasteiger charge is 2.87. The van der Waals surface area contributed by atoms with Gasteiger partial charge >= 0.3 is 5.97 Å². The van der Waals surface area contributed by atoms with E-state index in [9.17, 15) is 24.9 Å². The lowest BCUT2D eigenvalue weighted by Gasteiger charge is -2.58. The van der Waals surface area contributed by atoms with Gasteiger partial charge in [-0.2, -0.15) is 0 Å². The summed E-state index contributed by atoms with van der Waals surface area (Å²) in [6.07, 6.45) is -3.87. The Morgan fingerprint density at radius 1 is 1.44 bits per heavy atom. The second kappa shape index (κ2) is 4.89. The first-order valence-electron chi connectivity index (χ1n) is 8.33. The summed E-state index contributed by atoms with van der Waals surface area (Å²) in [4.78, 5) is 24.1. The first kappa shape index (κ1) is 17.1. The minimum Gasteiger partial charge on any atom is -0.459 e. The molecular formula is C17H22O8. The number of Topliss-reactive ketones (excluding diaryl/α,β-unsaturated/α-hetero) is 1. The van der Waals surface area contributed by atoms with E-state index in [0.717, 1.165) is 0 Å². The van der Waals surface area contributed by atoms with Crippen LogP contribution in [0.25, 0.3) is 0 Å². The third-order valence-electron chi connectivity index (χ3n) is 6.83. The molecule has 2 aliphatic carbocycles. The molecule has 1 unspecified atom stereocenters. The summed E-state index contributed by atoms with van der Waals surface area (Å²) in [6, 6.07) is 0. The van der Waals surface area contributed by atoms with Crippen LogP contribution in [0.5, 0.6) is 0 Å². The second-order valence-corrected chi connectivity index (χ2v) is 7.69. The maximum Gasteiger partial charge on any atom is 0.303 e. The van der Waals surface area contributed by atoms with Gasteiger partial charge in [0.25, 0.3) is 0 Å². The van der Waals surface area contributed by atoms with E-state index in [2.05, 4.69) is 0 Å². The van der Waals surface area contributed by atoms with Crippen LogP contribution in [0.15, 0.2) is 11.6 Å². The molecule has 0 radical (unpaired) electrons. The summed E-state index contributed by atoms with van der Waals surface area (Å²) in [5.41, 5.74) is -3.39. The van der Waals surface area contributed by atoms with Gasteiger partial charge in [0.15, 0.2) is 5.78 Å². The smallest absolute Gasteiger partial charge is 0.303 e. The molecule has 0 aromatic rings. The Bertz CT molecular complexity index is 682. The molecule has 25 heavy (non-hydrogen) atoms. The van der Waals surface area contributed by atoms with Gasteiger partial charge in [-0.3, -0.25) is 9.59 Å². The second-order valence-electron chi connectivity index (χ2n) is 7.69. The quantitative estimate of drug-likeness (QED) is 0.413. The van der Waals surface area contributed by atoms with E-state index in [-0.39, 0.29) is 6.61 Å². The molecule has 0 aromatic carbocycles. The highest BCUT2D eigenvalue weighted by molar-refractivity contribution is 6.00. The van der Waals surface area contributed by atoms with Crippen molar-refractivity contribution in [2.45, 2.75) is 56.9 Å². The minimum atomic E-state index is -1.57. The minimum absolute atomic E-state index is 0.223. The van der Waals surface area contributed by atoms with E-state index in [1.54, 1.807) is 19.9 Å². The van der Waals surface area contributed by atoms with Crippen LogP contribution in [0.1, 0.15) is 20.8 Å². The largest absolute Gasteiger partial charge is 0.459 e. The molecule has 3 N–H and O–H groups in total. The maximum atomic E-state index is 12.5. The van der Waals surface area contributed by atoms with Crippen molar-refractivity contribution < 1.29 is 39.1 Å². The molecule has 2 heterocycles. The molecular weight excluding hydrogens is 332 g/mol. The number of esters is 1. The first-order chi connectivity index (χ1) is 11.7. The molecule has 4 aliphatic rings. The Hall–Kier alpha value is -1.32. The number of aliphatic hydroxyl groups is 3. The van der Waals surface area contributed by atoms with E-state index in [1.807, 2.05) is 0 Å². The number of ketones is 1. The molecule has 0 amide bonds. The Morgan fingerprint density at radius 3 is 2.60 bits per heavy atom. The summed E-state index contributed by atoms with van der Waals surface area (Å²) in [7, 11) is 0. The van der Waals surface area contributed by atoms with Gasteiger partial charge in [-0.1, -0.05) is 6.92 Å². The van der Waals surface area contributed by atoms with Crippen molar-refractivity contribution >= 4 is 11.8 Å². The summed E-state index contributed by atoms with van der Waals surface area (Å²) >= 11 is 0. The van der Waals surface area contributed by atoms with Crippen molar-refractivity contribution in [3.8, 4) is 0 Å². The van der Waals surface area contributed by atoms with Gasteiger partial charge in [-0.15, -0.1) is 0 Å². The fourth-order valence-electron chi connectivity index (χ4n) is 5.37. The molecule has 2 saturated heterocycles. The number of aliphatic hydroxyl groups excluding tert-OH is 3. The lowest BCUT2D eigenvalue weighted by Crippen LogP contribution is -2.72. The zero-order valence-electron chi connectivity index (χ0n) is 14.3. The third-order valence-corrected chi connectivity index (χ3v) is 6.83. The molecule has 2 bridgehead atoms. The van der Waals surface area contributed by atoms with Gasteiger partial charge in [-0.05, 0) is 18.6 Å². The monoisotopic (exact) mass is 354 g/mol. The highest BCUT2D eigenvalue weighted by atomic mass is 16.7. The van der Waals surface area contributed by atoms with Crippen LogP contribution in [0.2, 0.25) is 0 Å². The zero-order chi connectivity index (χ0) is 18.4. The standard InChI is InChI=1S/C17H22O8/c1-7-4-9-16(5-18,12(22)10(7)20)15(3)13(24-8(2)19)11(21)14(25-9)17(15)6-23-17/h4,9,11-14,18,21-22H,5-6H2,1-3H3/t9-,11-,12?,13-,14-,15-,16-,17+/m0/s1. The summed E-state index contributed by atoms with van der Waals surface area (Å²) in [5.74, 6) is -1.13. The van der Waals surface area contributed by atoms with Crippen molar-refractivity contribution in [2.75, 3.05) is 13.2 Å². The Balaban J connectivity index is 1.96. The number of hydrogen-bond donors (Lipinski definition) is 3. The van der Waals surface area contributed by atoms with E-state index >= 15 is 0 Å². The SMILES string of the molecule is CC(=O)O[C@H]1[C@H](O)[C@@H]2O[C@H]3C=C(C)C(=O)C(O)[C@@]3(CO)[C@@]1(C)[C@@]21CO1. The number of rotatable bonds is 2. The molecule has 8 heteroatoms. The topological polar surface area (TPSA) is 126 Å². The first-order valence-corrected chi connectivity index (χ1v) is 8.33. The lowest BCUT2D eigenvalue weighted by molar-refractivity contribution is -0.255. The van der Waals surface area contributed by atoms with Crippen LogP contribution in [-0.4, -0.2) is 76.4 Å². The molecule has 3 fully saturated rings. The average Bonchev–Trinajstić information content (AvgIpc) is 3.33. The number of epoxide rings is 1. The Kier molecular flexibility index (Phi) is 3.35. The average molecular weight is 354 g/mol. The van der Waals surface area contributed by atoms with Gasteiger partial charge in [0.1, 0.15) is 30.0 Å². The fraction of sp³-hybridized carbons (Fsp3) is 0.765. The summed E-state index contributed by atoms with van der Waals surface area (Å²) in [6.45, 7) is 4.11. The zero-order valence-corrected chi connectivity index (χ0v) is 14.3. The predicted octanol–water partition coefficient (Wildman–Crippen LogP) is -1.30. The molecule has 4 rings (SSSR count). The fourth-order valence-corrected chi connectivity index (χ4v) is 5.37. The van der Waals surface area contributed by atoms with Gasteiger partial charge in [0.2, 0.25) is 0 Å². The Labute approximate surface area is 144 Å². The maximum absolute atomic E-state index is 12.5. The van der Waals surface area contributed by atoms with Crippen molar-refractivity contribution in [2.24, 2.45) is 10.8 Å². The van der Waals surface area contributed by atoms with Crippen molar-refractivity contribution in [3.63, 3.8) is 0 Å². The molecule has 0 aromatic heterocycles. The molecule has 138 valence electrons. The molecule has 8 atom stereocenters. The van der Waals surface area contributed by atoms with Crippen LogP contribution >= 0.6 is 0 Å². The third kappa shape index (κ3) is 1.65. The van der Waals surface area contributed by atoms with Gasteiger partial charge < -0.3 is 29.5 Å². The molecule has 1 spiro atoms. The van der Waals surface area contributed by atoms with Crippen LogP contribution < -0.4 is 0 Å².